The van der Waals surface area contributed by atoms with Crippen LogP contribution in [0.5, 0.6) is 0 Å². The van der Waals surface area contributed by atoms with E-state index in [0.29, 0.717) is 6.61 Å². The highest BCUT2D eigenvalue weighted by atomic mass is 16.5. The van der Waals surface area contributed by atoms with Gasteiger partial charge in [-0.3, -0.25) is 9.48 Å². The molecule has 6 heteroatoms. The van der Waals surface area contributed by atoms with Crippen LogP contribution in [0.1, 0.15) is 29.4 Å². The second-order valence-electron chi connectivity index (χ2n) is 4.56. The van der Waals surface area contributed by atoms with Crippen LogP contribution in [-0.4, -0.2) is 32.6 Å². The second kappa shape index (κ2) is 6.78. The van der Waals surface area contributed by atoms with Crippen molar-refractivity contribution in [3.05, 3.63) is 41.0 Å². The molecular formula is C15H18N4O2. The smallest absolute Gasteiger partial charge is 0.327 e. The average molecular weight is 286 g/mol. The number of aryl methyl sites for hydroxylation is 1. The van der Waals surface area contributed by atoms with E-state index >= 15 is 0 Å². The minimum atomic E-state index is -0.281. The fourth-order valence-electron chi connectivity index (χ4n) is 2.01. The molecule has 2 rings (SSSR count). The number of carbonyl (C=O) groups is 1. The normalized spacial score (nSPS) is 11.0. The summed E-state index contributed by atoms with van der Waals surface area (Å²) in [6.45, 7) is 6.14. The second-order valence-corrected chi connectivity index (χ2v) is 4.56. The first kappa shape index (κ1) is 14.9. The van der Waals surface area contributed by atoms with Gasteiger partial charge in [-0.2, -0.15) is 15.3 Å². The van der Waals surface area contributed by atoms with Gasteiger partial charge in [0.25, 0.3) is 0 Å². The topological polar surface area (TPSA) is 69.9 Å². The predicted octanol–water partition coefficient (Wildman–Crippen LogP) is 2.02. The van der Waals surface area contributed by atoms with E-state index in [1.807, 2.05) is 32.1 Å². The van der Waals surface area contributed by atoms with Gasteiger partial charge in [0.1, 0.15) is 6.54 Å². The fourth-order valence-corrected chi connectivity index (χ4v) is 2.01. The Morgan fingerprint density at radius 2 is 2.14 bits per heavy atom. The van der Waals surface area contributed by atoms with Crippen LogP contribution < -0.4 is 0 Å². The van der Waals surface area contributed by atoms with Crippen LogP contribution in [0.2, 0.25) is 0 Å². The standard InChI is InChI=1S/C15H18N4O2/c1-4-21-15(20)10-19-12(3)14(11(2)18-19)6-5-13-7-8-16-17-9-13/h5-9H,4,10H2,1-3H3. The quantitative estimate of drug-likeness (QED) is 0.786. The lowest BCUT2D eigenvalue weighted by Crippen LogP contribution is -2.15. The van der Waals surface area contributed by atoms with Crippen molar-refractivity contribution in [1.29, 1.82) is 0 Å². The molecule has 0 atom stereocenters. The van der Waals surface area contributed by atoms with Gasteiger partial charge < -0.3 is 4.74 Å². The Morgan fingerprint density at radius 1 is 1.33 bits per heavy atom. The van der Waals surface area contributed by atoms with Gasteiger partial charge in [-0.25, -0.2) is 0 Å². The molecule has 2 aromatic rings. The molecule has 0 unspecified atom stereocenters. The fraction of sp³-hybridized carbons (Fsp3) is 0.333. The van der Waals surface area contributed by atoms with Crippen molar-refractivity contribution in [2.75, 3.05) is 6.61 Å². The Labute approximate surface area is 123 Å². The Hall–Kier alpha value is -2.50. The molecule has 0 N–H and O–H groups in total. The van der Waals surface area contributed by atoms with Gasteiger partial charge in [0.15, 0.2) is 0 Å². The molecule has 0 amide bonds. The third kappa shape index (κ3) is 3.75. The van der Waals surface area contributed by atoms with Crippen molar-refractivity contribution in [1.82, 2.24) is 20.0 Å². The number of nitrogens with zero attached hydrogens (tertiary/aromatic N) is 4. The first-order valence-electron chi connectivity index (χ1n) is 6.76. The lowest BCUT2D eigenvalue weighted by molar-refractivity contribution is -0.144. The van der Waals surface area contributed by atoms with E-state index in [9.17, 15) is 4.79 Å². The summed E-state index contributed by atoms with van der Waals surface area (Å²) < 4.78 is 6.61. The number of esters is 1. The number of rotatable bonds is 5. The molecular weight excluding hydrogens is 268 g/mol. The molecule has 0 aliphatic rings. The largest absolute Gasteiger partial charge is 0.465 e. The highest BCUT2D eigenvalue weighted by Crippen LogP contribution is 2.16. The molecule has 21 heavy (non-hydrogen) atoms. The van der Waals surface area contributed by atoms with Gasteiger partial charge in [0, 0.05) is 11.3 Å². The highest BCUT2D eigenvalue weighted by Gasteiger charge is 2.12. The summed E-state index contributed by atoms with van der Waals surface area (Å²) in [5, 5.41) is 11.9. The molecule has 0 radical (unpaired) electrons. The minimum Gasteiger partial charge on any atom is -0.465 e. The molecule has 0 saturated carbocycles. The lowest BCUT2D eigenvalue weighted by Gasteiger charge is -2.04. The van der Waals surface area contributed by atoms with Crippen LogP contribution in [0.15, 0.2) is 18.5 Å². The van der Waals surface area contributed by atoms with Gasteiger partial charge in [-0.1, -0.05) is 12.2 Å². The molecule has 0 spiro atoms. The first-order valence-corrected chi connectivity index (χ1v) is 6.76. The number of hydrogen-bond donors (Lipinski definition) is 0. The van der Waals surface area contributed by atoms with Crippen molar-refractivity contribution < 1.29 is 9.53 Å². The van der Waals surface area contributed by atoms with Crippen molar-refractivity contribution in [3.8, 4) is 0 Å². The highest BCUT2D eigenvalue weighted by molar-refractivity contribution is 5.72. The molecule has 2 aromatic heterocycles. The number of hydrogen-bond acceptors (Lipinski definition) is 5. The summed E-state index contributed by atoms with van der Waals surface area (Å²) in [5.41, 5.74) is 3.76. The van der Waals surface area contributed by atoms with Crippen LogP contribution in [0, 0.1) is 13.8 Å². The molecule has 0 bridgehead atoms. The molecule has 2 heterocycles. The molecule has 0 aliphatic heterocycles. The summed E-state index contributed by atoms with van der Waals surface area (Å²) in [6.07, 6.45) is 7.24. The third-order valence-electron chi connectivity index (χ3n) is 3.07. The van der Waals surface area contributed by atoms with E-state index in [1.165, 1.54) is 0 Å². The van der Waals surface area contributed by atoms with Crippen LogP contribution in [-0.2, 0) is 16.1 Å². The van der Waals surface area contributed by atoms with Crippen molar-refractivity contribution in [2.45, 2.75) is 27.3 Å². The molecule has 6 nitrogen and oxygen atoms in total. The Kier molecular flexibility index (Phi) is 4.81. The van der Waals surface area contributed by atoms with Crippen LogP contribution >= 0.6 is 0 Å². The van der Waals surface area contributed by atoms with Gasteiger partial charge >= 0.3 is 5.97 Å². The summed E-state index contributed by atoms with van der Waals surface area (Å²) >= 11 is 0. The summed E-state index contributed by atoms with van der Waals surface area (Å²) in [6, 6.07) is 1.87. The number of ether oxygens (including phenoxy) is 1. The maximum absolute atomic E-state index is 11.5. The van der Waals surface area contributed by atoms with Gasteiger partial charge in [0.05, 0.1) is 24.7 Å². The van der Waals surface area contributed by atoms with Gasteiger partial charge in [0.2, 0.25) is 0 Å². The van der Waals surface area contributed by atoms with E-state index < -0.39 is 0 Å². The monoisotopic (exact) mass is 286 g/mol. The van der Waals surface area contributed by atoms with E-state index in [2.05, 4.69) is 15.3 Å². The molecule has 0 aromatic carbocycles. The molecule has 0 fully saturated rings. The predicted molar refractivity (Wildman–Crippen MR) is 79.3 cm³/mol. The third-order valence-corrected chi connectivity index (χ3v) is 3.07. The molecule has 0 saturated heterocycles. The number of carbonyl (C=O) groups excluding carboxylic acids is 1. The maximum atomic E-state index is 11.5. The summed E-state index contributed by atoms with van der Waals surface area (Å²) in [5.74, 6) is -0.281. The van der Waals surface area contributed by atoms with Crippen LogP contribution in [0.4, 0.5) is 0 Å². The Bertz CT molecular complexity index is 647. The zero-order chi connectivity index (χ0) is 15.2. The van der Waals surface area contributed by atoms with Crippen molar-refractivity contribution in [2.24, 2.45) is 0 Å². The van der Waals surface area contributed by atoms with E-state index in [0.717, 1.165) is 22.5 Å². The Morgan fingerprint density at radius 3 is 2.81 bits per heavy atom. The van der Waals surface area contributed by atoms with Gasteiger partial charge in [-0.05, 0) is 32.4 Å². The minimum absolute atomic E-state index is 0.130. The van der Waals surface area contributed by atoms with Crippen LogP contribution in [0.3, 0.4) is 0 Å². The zero-order valence-corrected chi connectivity index (χ0v) is 12.4. The SMILES string of the molecule is CCOC(=O)Cn1nc(C)c(C=Cc2ccnnc2)c1C. The average Bonchev–Trinajstić information content (AvgIpc) is 2.73. The van der Waals surface area contributed by atoms with E-state index in [4.69, 9.17) is 4.74 Å². The molecule has 0 aliphatic carbocycles. The molecule has 110 valence electrons. The van der Waals surface area contributed by atoms with Crippen molar-refractivity contribution in [3.63, 3.8) is 0 Å². The van der Waals surface area contributed by atoms with E-state index in [1.54, 1.807) is 24.0 Å². The Balaban J connectivity index is 2.19. The van der Waals surface area contributed by atoms with Crippen molar-refractivity contribution >= 4 is 18.1 Å². The summed E-state index contributed by atoms with van der Waals surface area (Å²) in [7, 11) is 0. The van der Waals surface area contributed by atoms with Gasteiger partial charge in [-0.15, -0.1) is 0 Å². The zero-order valence-electron chi connectivity index (χ0n) is 12.4. The number of aromatic nitrogens is 4. The first-order chi connectivity index (χ1) is 10.1. The van der Waals surface area contributed by atoms with Crippen LogP contribution in [0.25, 0.3) is 12.2 Å². The van der Waals surface area contributed by atoms with E-state index in [-0.39, 0.29) is 12.5 Å². The summed E-state index contributed by atoms with van der Waals surface area (Å²) in [4.78, 5) is 11.5. The lowest BCUT2D eigenvalue weighted by atomic mass is 10.1. The maximum Gasteiger partial charge on any atom is 0.327 e.